The minimum atomic E-state index is -0.438. The summed E-state index contributed by atoms with van der Waals surface area (Å²) in [4.78, 5) is 3.61. The van der Waals surface area contributed by atoms with E-state index in [9.17, 15) is 4.39 Å². The molecule has 1 aliphatic heterocycles. The van der Waals surface area contributed by atoms with Crippen LogP contribution in [0.1, 0.15) is 12.8 Å². The Kier molecular flexibility index (Phi) is 2.01. The summed E-state index contributed by atoms with van der Waals surface area (Å²) in [6.45, 7) is 1.62. The van der Waals surface area contributed by atoms with Gasteiger partial charge in [0.2, 0.25) is 5.69 Å². The van der Waals surface area contributed by atoms with Gasteiger partial charge < -0.3 is 0 Å². The van der Waals surface area contributed by atoms with E-state index in [1.54, 1.807) is 12.1 Å². The van der Waals surface area contributed by atoms with Gasteiger partial charge in [0, 0.05) is 25.1 Å². The lowest BCUT2D eigenvalue weighted by atomic mass is 10.3. The second-order valence-electron chi connectivity index (χ2n) is 3.50. The molecule has 0 atom stereocenters. The van der Waals surface area contributed by atoms with Gasteiger partial charge in [0.15, 0.2) is 0 Å². The summed E-state index contributed by atoms with van der Waals surface area (Å²) in [6.07, 6.45) is 3.57. The summed E-state index contributed by atoms with van der Waals surface area (Å²) < 4.78 is 13.5. The van der Waals surface area contributed by atoms with Crippen molar-refractivity contribution in [3.05, 3.63) is 24.3 Å². The highest BCUT2D eigenvalue weighted by Crippen LogP contribution is 2.26. The highest BCUT2D eigenvalue weighted by Gasteiger charge is 2.34. The van der Waals surface area contributed by atoms with Crippen molar-refractivity contribution in [1.29, 1.82) is 0 Å². The van der Waals surface area contributed by atoms with Crippen molar-refractivity contribution in [1.82, 2.24) is 9.58 Å². The lowest BCUT2D eigenvalue weighted by molar-refractivity contribution is 0.330. The molecule has 0 bridgehead atoms. The third-order valence-electron chi connectivity index (χ3n) is 2.58. The minimum absolute atomic E-state index is 0.208. The monoisotopic (exact) mass is 182 g/mol. The van der Waals surface area contributed by atoms with Gasteiger partial charge in [-0.1, -0.05) is 0 Å². The number of quaternary nitrogens is 1. The van der Waals surface area contributed by atoms with E-state index in [0.717, 1.165) is 25.9 Å². The highest BCUT2D eigenvalue weighted by atomic mass is 19.1. The molecule has 3 nitrogen and oxygen atoms in total. The Morgan fingerprint density at radius 1 is 1.38 bits per heavy atom. The third-order valence-corrected chi connectivity index (χ3v) is 2.58. The van der Waals surface area contributed by atoms with Gasteiger partial charge in [0.25, 0.3) is 5.95 Å². The smallest absolute Gasteiger partial charge is 0.223 e. The maximum absolute atomic E-state index is 13.3. The summed E-state index contributed by atoms with van der Waals surface area (Å²) in [5, 5.41) is 0. The van der Waals surface area contributed by atoms with Crippen LogP contribution in [-0.2, 0) is 0 Å². The molecule has 1 fully saturated rings. The molecule has 1 aliphatic rings. The van der Waals surface area contributed by atoms with Crippen LogP contribution in [0.3, 0.4) is 0 Å². The molecule has 70 valence electrons. The first-order chi connectivity index (χ1) is 6.22. The van der Waals surface area contributed by atoms with Gasteiger partial charge in [-0.05, 0) is 6.07 Å². The first-order valence-electron chi connectivity index (χ1n) is 4.49. The first-order valence-corrected chi connectivity index (χ1v) is 4.49. The maximum Gasteiger partial charge on any atom is 0.276 e. The molecule has 1 aromatic heterocycles. The van der Waals surface area contributed by atoms with Crippen molar-refractivity contribution < 1.29 is 4.39 Å². The van der Waals surface area contributed by atoms with Crippen LogP contribution in [0.15, 0.2) is 18.3 Å². The molecule has 13 heavy (non-hydrogen) atoms. The van der Waals surface area contributed by atoms with Gasteiger partial charge in [-0.3, -0.25) is 0 Å². The van der Waals surface area contributed by atoms with E-state index in [4.69, 9.17) is 5.84 Å². The van der Waals surface area contributed by atoms with Gasteiger partial charge in [-0.2, -0.15) is 10.2 Å². The zero-order valence-corrected chi connectivity index (χ0v) is 7.41. The van der Waals surface area contributed by atoms with E-state index in [1.165, 1.54) is 6.20 Å². The molecule has 0 radical (unpaired) electrons. The number of nitrogens with two attached hydrogens (primary N) is 1. The molecule has 2 N–H and O–H groups in total. The van der Waals surface area contributed by atoms with E-state index < -0.39 is 5.95 Å². The molecule has 0 amide bonds. The average Bonchev–Trinajstić information content (AvgIpc) is 2.54. The number of hydrogen-bond donors (Lipinski definition) is 1. The summed E-state index contributed by atoms with van der Waals surface area (Å²) in [6, 6.07) is 3.44. The topological polar surface area (TPSA) is 38.9 Å². The SMILES string of the molecule is N[N+]1(c2cccnc2F)CCCC1. The summed E-state index contributed by atoms with van der Waals surface area (Å²) in [5.41, 5.74) is 0.514. The predicted octanol–water partition coefficient (Wildman–Crippen LogP) is 1.20. The molecule has 0 unspecified atom stereocenters. The summed E-state index contributed by atoms with van der Waals surface area (Å²) in [5.74, 6) is 5.60. The molecule has 2 heterocycles. The van der Waals surface area contributed by atoms with Crippen LogP contribution in [0.2, 0.25) is 0 Å². The van der Waals surface area contributed by atoms with Gasteiger partial charge in [-0.25, -0.2) is 9.58 Å². The van der Waals surface area contributed by atoms with Crippen molar-refractivity contribution in [3.63, 3.8) is 0 Å². The van der Waals surface area contributed by atoms with E-state index in [2.05, 4.69) is 4.98 Å². The van der Waals surface area contributed by atoms with Crippen molar-refractivity contribution >= 4 is 5.69 Å². The Morgan fingerprint density at radius 2 is 2.08 bits per heavy atom. The molecule has 2 rings (SSSR count). The second-order valence-corrected chi connectivity index (χ2v) is 3.50. The van der Waals surface area contributed by atoms with E-state index >= 15 is 0 Å². The van der Waals surface area contributed by atoms with Crippen molar-refractivity contribution in [2.24, 2.45) is 5.84 Å². The summed E-state index contributed by atoms with van der Waals surface area (Å²) >= 11 is 0. The number of hydrogen-bond acceptors (Lipinski definition) is 2. The predicted molar refractivity (Wildman–Crippen MR) is 49.1 cm³/mol. The third kappa shape index (κ3) is 1.43. The van der Waals surface area contributed by atoms with Gasteiger partial charge in [0.1, 0.15) is 13.1 Å². The fourth-order valence-corrected chi connectivity index (χ4v) is 1.85. The molecule has 4 heteroatoms. The first kappa shape index (κ1) is 8.59. The quantitative estimate of drug-likeness (QED) is 0.402. The second kappa shape index (κ2) is 3.05. The fourth-order valence-electron chi connectivity index (χ4n) is 1.85. The molecule has 1 saturated heterocycles. The zero-order valence-electron chi connectivity index (χ0n) is 7.41. The van der Waals surface area contributed by atoms with E-state index in [0.29, 0.717) is 5.69 Å². The lowest BCUT2D eigenvalue weighted by Gasteiger charge is -2.26. The highest BCUT2D eigenvalue weighted by molar-refractivity contribution is 5.40. The summed E-state index contributed by atoms with van der Waals surface area (Å²) in [7, 11) is 0. The molecular weight excluding hydrogens is 169 g/mol. The number of halogens is 1. The van der Waals surface area contributed by atoms with Crippen molar-refractivity contribution in [3.8, 4) is 0 Å². The van der Waals surface area contributed by atoms with E-state index in [1.807, 2.05) is 0 Å². The van der Waals surface area contributed by atoms with Gasteiger partial charge in [0.05, 0.1) is 0 Å². The number of nitrogens with zero attached hydrogens (tertiary/aromatic N) is 2. The largest absolute Gasteiger partial charge is 0.276 e. The molecular formula is C9H13FN3+. The minimum Gasteiger partial charge on any atom is -0.223 e. The van der Waals surface area contributed by atoms with E-state index in [-0.39, 0.29) is 4.59 Å². The van der Waals surface area contributed by atoms with Crippen molar-refractivity contribution in [2.75, 3.05) is 13.1 Å². The standard InChI is InChI=1S/C9H13FN3/c10-9-8(4-3-5-12-9)13(11)6-1-2-7-13/h3-5H,1-2,6-7,11H2/q+1. The maximum atomic E-state index is 13.3. The number of rotatable bonds is 1. The Bertz CT molecular complexity index is 307. The molecule has 0 aliphatic carbocycles. The Balaban J connectivity index is 2.39. The number of aromatic nitrogens is 1. The average molecular weight is 182 g/mol. The van der Waals surface area contributed by atoms with Crippen molar-refractivity contribution in [2.45, 2.75) is 12.8 Å². The lowest BCUT2D eigenvalue weighted by Crippen LogP contribution is -2.53. The van der Waals surface area contributed by atoms with Crippen LogP contribution >= 0.6 is 0 Å². The Morgan fingerprint density at radius 3 is 2.69 bits per heavy atom. The number of pyridine rings is 1. The van der Waals surface area contributed by atoms with Crippen LogP contribution in [0.25, 0.3) is 0 Å². The van der Waals surface area contributed by atoms with Crippen LogP contribution in [0.5, 0.6) is 0 Å². The Labute approximate surface area is 76.6 Å². The Hall–Kier alpha value is -1.00. The zero-order chi connectivity index (χ0) is 9.31. The molecule has 0 spiro atoms. The van der Waals surface area contributed by atoms with Crippen LogP contribution < -0.4 is 10.4 Å². The molecule has 0 saturated carbocycles. The fraction of sp³-hybridized carbons (Fsp3) is 0.444. The molecule has 0 aromatic carbocycles. The van der Waals surface area contributed by atoms with Gasteiger partial charge in [-0.15, -0.1) is 0 Å². The van der Waals surface area contributed by atoms with Gasteiger partial charge >= 0.3 is 0 Å². The van der Waals surface area contributed by atoms with Crippen LogP contribution in [0.4, 0.5) is 10.1 Å². The van der Waals surface area contributed by atoms with Crippen LogP contribution in [0, 0.1) is 5.95 Å². The molecule has 1 aromatic rings. The normalized spacial score (nSPS) is 20.5. The van der Waals surface area contributed by atoms with Crippen LogP contribution in [-0.4, -0.2) is 18.1 Å².